The molecule has 0 aliphatic carbocycles. The SMILES string of the molecule is Cc1cn2nc(-c3cnc4cc(C5CN(C)C5)sc4n3)cc(C)c2n1. The van der Waals surface area contributed by atoms with E-state index in [0.29, 0.717) is 5.92 Å². The van der Waals surface area contributed by atoms with E-state index in [1.807, 2.05) is 29.9 Å². The second kappa shape index (κ2) is 5.31. The van der Waals surface area contributed by atoms with Crippen LogP contribution < -0.4 is 0 Å². The van der Waals surface area contributed by atoms with Crippen LogP contribution in [0.5, 0.6) is 0 Å². The minimum absolute atomic E-state index is 0.625. The highest BCUT2D eigenvalue weighted by Gasteiger charge is 2.26. The molecule has 1 saturated heterocycles. The van der Waals surface area contributed by atoms with Crippen molar-refractivity contribution >= 4 is 27.3 Å². The molecule has 0 radical (unpaired) electrons. The number of fused-ring (bicyclic) bond motifs is 2. The fourth-order valence-electron chi connectivity index (χ4n) is 3.40. The Morgan fingerprint density at radius 1 is 1.12 bits per heavy atom. The number of aryl methyl sites for hydroxylation is 2. The third-order valence-corrected chi connectivity index (χ3v) is 5.90. The van der Waals surface area contributed by atoms with Gasteiger partial charge in [-0.2, -0.15) is 5.10 Å². The molecule has 1 fully saturated rings. The van der Waals surface area contributed by atoms with Crippen LogP contribution in [0.15, 0.2) is 24.5 Å². The zero-order chi connectivity index (χ0) is 17.1. The first-order valence-electron chi connectivity index (χ1n) is 8.36. The number of aromatic nitrogens is 5. The number of likely N-dealkylation sites (tertiary alicyclic amines) is 1. The zero-order valence-corrected chi connectivity index (χ0v) is 15.2. The Morgan fingerprint density at radius 2 is 1.96 bits per heavy atom. The number of nitrogens with zero attached hydrogens (tertiary/aromatic N) is 6. The molecule has 1 aliphatic rings. The Balaban J connectivity index is 1.58. The highest BCUT2D eigenvalue weighted by molar-refractivity contribution is 7.18. The summed E-state index contributed by atoms with van der Waals surface area (Å²) in [5.41, 5.74) is 5.56. The molecule has 4 aromatic heterocycles. The second-order valence-corrected chi connectivity index (χ2v) is 7.94. The molecule has 1 aliphatic heterocycles. The minimum Gasteiger partial charge on any atom is -0.305 e. The van der Waals surface area contributed by atoms with Gasteiger partial charge in [0.1, 0.15) is 21.7 Å². The summed E-state index contributed by atoms with van der Waals surface area (Å²) in [7, 11) is 2.15. The maximum atomic E-state index is 4.83. The summed E-state index contributed by atoms with van der Waals surface area (Å²) in [6.07, 6.45) is 3.76. The van der Waals surface area contributed by atoms with Gasteiger partial charge in [0.25, 0.3) is 0 Å². The van der Waals surface area contributed by atoms with E-state index in [4.69, 9.17) is 4.98 Å². The van der Waals surface area contributed by atoms with E-state index >= 15 is 0 Å². The van der Waals surface area contributed by atoms with E-state index in [-0.39, 0.29) is 0 Å². The highest BCUT2D eigenvalue weighted by atomic mass is 32.1. The largest absolute Gasteiger partial charge is 0.305 e. The molecule has 0 atom stereocenters. The Morgan fingerprint density at radius 3 is 2.76 bits per heavy atom. The molecular formula is C18H18N6S. The molecule has 0 N–H and O–H groups in total. The van der Waals surface area contributed by atoms with Gasteiger partial charge in [-0.25, -0.2) is 14.5 Å². The molecule has 5 rings (SSSR count). The first-order valence-corrected chi connectivity index (χ1v) is 9.17. The molecule has 0 aromatic carbocycles. The predicted octanol–water partition coefficient (Wildman–Crippen LogP) is 3.05. The van der Waals surface area contributed by atoms with Crippen LogP contribution in [0.1, 0.15) is 22.1 Å². The van der Waals surface area contributed by atoms with Gasteiger partial charge in [0.05, 0.1) is 18.1 Å². The smallest absolute Gasteiger partial charge is 0.156 e. The Labute approximate surface area is 149 Å². The fourth-order valence-corrected chi connectivity index (χ4v) is 4.47. The van der Waals surface area contributed by atoms with Crippen LogP contribution in [0, 0.1) is 13.8 Å². The number of imidazole rings is 1. The maximum Gasteiger partial charge on any atom is 0.156 e. The molecule has 7 heteroatoms. The lowest BCUT2D eigenvalue weighted by atomic mass is 9.99. The lowest BCUT2D eigenvalue weighted by Gasteiger charge is -2.35. The van der Waals surface area contributed by atoms with Gasteiger partial charge in [-0.1, -0.05) is 0 Å². The molecule has 0 spiro atoms. The number of thiophene rings is 1. The summed E-state index contributed by atoms with van der Waals surface area (Å²) in [4.78, 5) is 18.7. The van der Waals surface area contributed by atoms with Gasteiger partial charge in [-0.15, -0.1) is 11.3 Å². The molecule has 4 aromatic rings. The summed E-state index contributed by atoms with van der Waals surface area (Å²) >= 11 is 1.76. The van der Waals surface area contributed by atoms with Crippen molar-refractivity contribution in [2.45, 2.75) is 19.8 Å². The Bertz CT molecular complexity index is 1110. The third kappa shape index (κ3) is 2.42. The highest BCUT2D eigenvalue weighted by Crippen LogP contribution is 2.34. The maximum absolute atomic E-state index is 4.83. The Kier molecular flexibility index (Phi) is 3.17. The molecule has 0 saturated carbocycles. The number of hydrogen-bond donors (Lipinski definition) is 0. The molecule has 0 unspecified atom stereocenters. The normalized spacial score (nSPS) is 16.0. The van der Waals surface area contributed by atoms with Crippen LogP contribution in [-0.2, 0) is 0 Å². The third-order valence-electron chi connectivity index (χ3n) is 4.72. The molecular weight excluding hydrogens is 332 g/mol. The Hall–Kier alpha value is -2.38. The van der Waals surface area contributed by atoms with Crippen molar-refractivity contribution in [1.82, 2.24) is 29.5 Å². The predicted molar refractivity (Wildman–Crippen MR) is 99.1 cm³/mol. The van der Waals surface area contributed by atoms with Crippen molar-refractivity contribution in [3.63, 3.8) is 0 Å². The van der Waals surface area contributed by atoms with Crippen LogP contribution in [0.2, 0.25) is 0 Å². The van der Waals surface area contributed by atoms with Crippen LogP contribution in [-0.4, -0.2) is 49.6 Å². The standard InChI is InChI=1S/C18H18N6S/c1-10-4-13(22-24-7-11(2)20-17(10)24)15-6-19-14-5-16(25-18(14)21-15)12-8-23(3)9-12/h4-7,12H,8-9H2,1-3H3. The van der Waals surface area contributed by atoms with Gasteiger partial charge < -0.3 is 4.90 Å². The number of rotatable bonds is 2. The van der Waals surface area contributed by atoms with E-state index in [1.165, 1.54) is 4.88 Å². The van der Waals surface area contributed by atoms with Crippen molar-refractivity contribution in [3.05, 3.63) is 40.7 Å². The van der Waals surface area contributed by atoms with Crippen LogP contribution >= 0.6 is 11.3 Å². The summed E-state index contributed by atoms with van der Waals surface area (Å²) in [6.45, 7) is 6.27. The summed E-state index contributed by atoms with van der Waals surface area (Å²) in [6, 6.07) is 4.22. The van der Waals surface area contributed by atoms with Gasteiger partial charge in [-0.05, 0) is 38.6 Å². The molecule has 6 nitrogen and oxygen atoms in total. The van der Waals surface area contributed by atoms with Crippen LogP contribution in [0.3, 0.4) is 0 Å². The van der Waals surface area contributed by atoms with Gasteiger partial charge in [0, 0.05) is 23.9 Å². The summed E-state index contributed by atoms with van der Waals surface area (Å²) < 4.78 is 1.83. The van der Waals surface area contributed by atoms with Crippen LogP contribution in [0.4, 0.5) is 0 Å². The van der Waals surface area contributed by atoms with Crippen molar-refractivity contribution in [2.75, 3.05) is 20.1 Å². The van der Waals surface area contributed by atoms with Gasteiger partial charge in [0.2, 0.25) is 0 Å². The molecule has 126 valence electrons. The van der Waals surface area contributed by atoms with E-state index < -0.39 is 0 Å². The van der Waals surface area contributed by atoms with E-state index in [1.54, 1.807) is 11.3 Å². The van der Waals surface area contributed by atoms with Gasteiger partial charge >= 0.3 is 0 Å². The lowest BCUT2D eigenvalue weighted by molar-refractivity contribution is 0.192. The van der Waals surface area contributed by atoms with E-state index in [2.05, 4.69) is 40.0 Å². The van der Waals surface area contributed by atoms with E-state index in [9.17, 15) is 0 Å². The van der Waals surface area contributed by atoms with Crippen LogP contribution in [0.25, 0.3) is 27.4 Å². The number of likely N-dealkylation sites (N-methyl/N-ethyl adjacent to an activating group) is 1. The average molecular weight is 350 g/mol. The summed E-state index contributed by atoms with van der Waals surface area (Å²) in [5.74, 6) is 0.625. The van der Waals surface area contributed by atoms with Crippen molar-refractivity contribution in [3.8, 4) is 11.4 Å². The van der Waals surface area contributed by atoms with Gasteiger partial charge in [-0.3, -0.25) is 4.98 Å². The van der Waals surface area contributed by atoms with Crippen molar-refractivity contribution < 1.29 is 0 Å². The molecule has 0 amide bonds. The van der Waals surface area contributed by atoms with Crippen molar-refractivity contribution in [2.24, 2.45) is 0 Å². The second-order valence-electron chi connectivity index (χ2n) is 6.88. The first kappa shape index (κ1) is 14.9. The lowest BCUT2D eigenvalue weighted by Crippen LogP contribution is -2.41. The van der Waals surface area contributed by atoms with Gasteiger partial charge in [0.15, 0.2) is 5.65 Å². The first-order chi connectivity index (χ1) is 12.1. The fraction of sp³-hybridized carbons (Fsp3) is 0.333. The summed E-state index contributed by atoms with van der Waals surface area (Å²) in [5, 5.41) is 4.66. The zero-order valence-electron chi connectivity index (χ0n) is 14.4. The van der Waals surface area contributed by atoms with Crippen molar-refractivity contribution in [1.29, 1.82) is 0 Å². The molecule has 25 heavy (non-hydrogen) atoms. The van der Waals surface area contributed by atoms with E-state index in [0.717, 1.165) is 51.7 Å². The molecule has 5 heterocycles. The molecule has 0 bridgehead atoms. The average Bonchev–Trinajstić information content (AvgIpc) is 3.13. The quantitative estimate of drug-likeness (QED) is 0.556. The monoisotopic (exact) mass is 350 g/mol. The minimum atomic E-state index is 0.625. The topological polar surface area (TPSA) is 59.2 Å². The number of hydrogen-bond acceptors (Lipinski definition) is 6.